The Morgan fingerprint density at radius 1 is 0.977 bits per heavy atom. The SMILES string of the molecule is CC(C)(C)[C@H](NC(=O)[C@H](CC1CCCC1)CN(O)C=O)C(=O)c1cc(F)c(F)cc1N1CCN(CCN2CCCC2)CC1. The summed E-state index contributed by atoms with van der Waals surface area (Å²) in [6.45, 7) is 12.1. The molecule has 2 amide bonds. The van der Waals surface area contributed by atoms with E-state index in [0.717, 1.165) is 77.1 Å². The highest BCUT2D eigenvalue weighted by atomic mass is 19.2. The molecule has 1 aliphatic carbocycles. The fourth-order valence-electron chi connectivity index (χ4n) is 6.77. The third-order valence-corrected chi connectivity index (χ3v) is 9.36. The van der Waals surface area contributed by atoms with Crippen molar-refractivity contribution in [2.45, 2.75) is 71.8 Å². The number of nitrogens with zero attached hydrogens (tertiary/aromatic N) is 4. The summed E-state index contributed by atoms with van der Waals surface area (Å²) < 4.78 is 29.2. The summed E-state index contributed by atoms with van der Waals surface area (Å²) in [5, 5.41) is 13.3. The fraction of sp³-hybridized carbons (Fsp3) is 0.719. The third kappa shape index (κ3) is 8.95. The van der Waals surface area contributed by atoms with Gasteiger partial charge in [0.05, 0.1) is 24.2 Å². The van der Waals surface area contributed by atoms with Crippen LogP contribution in [0.4, 0.5) is 14.5 Å². The van der Waals surface area contributed by atoms with Gasteiger partial charge in [0, 0.05) is 50.9 Å². The Balaban J connectivity index is 1.51. The van der Waals surface area contributed by atoms with Gasteiger partial charge in [-0.25, -0.2) is 13.8 Å². The Kier molecular flexibility index (Phi) is 11.5. The number of rotatable bonds is 13. The van der Waals surface area contributed by atoms with E-state index in [1.165, 1.54) is 12.8 Å². The molecular weight excluding hydrogens is 556 g/mol. The first-order valence-electron chi connectivity index (χ1n) is 15.9. The quantitative estimate of drug-likeness (QED) is 0.152. The first kappa shape index (κ1) is 33.3. The lowest BCUT2D eigenvalue weighted by Crippen LogP contribution is -2.53. The van der Waals surface area contributed by atoms with E-state index >= 15 is 0 Å². The molecule has 2 aliphatic heterocycles. The predicted molar refractivity (Wildman–Crippen MR) is 161 cm³/mol. The van der Waals surface area contributed by atoms with Gasteiger partial charge in [-0.1, -0.05) is 46.5 Å². The lowest BCUT2D eigenvalue weighted by molar-refractivity contribution is -0.155. The van der Waals surface area contributed by atoms with E-state index in [9.17, 15) is 28.4 Å². The second-order valence-corrected chi connectivity index (χ2v) is 13.6. The number of ketones is 1. The van der Waals surface area contributed by atoms with Crippen molar-refractivity contribution in [2.75, 3.05) is 63.8 Å². The maximum atomic E-state index is 14.6. The molecule has 4 rings (SSSR count). The normalized spacial score (nSPS) is 20.3. The maximum absolute atomic E-state index is 14.6. The Hall–Kier alpha value is -2.63. The van der Waals surface area contributed by atoms with Gasteiger partial charge in [0.15, 0.2) is 17.4 Å². The number of benzene rings is 1. The highest BCUT2D eigenvalue weighted by molar-refractivity contribution is 6.06. The summed E-state index contributed by atoms with van der Waals surface area (Å²) in [6.07, 6.45) is 7.34. The molecule has 2 saturated heterocycles. The van der Waals surface area contributed by atoms with Gasteiger partial charge >= 0.3 is 0 Å². The molecule has 1 aromatic rings. The van der Waals surface area contributed by atoms with Crippen LogP contribution >= 0.6 is 0 Å². The van der Waals surface area contributed by atoms with E-state index in [1.807, 2.05) is 25.7 Å². The lowest BCUT2D eigenvalue weighted by Gasteiger charge is -2.38. The standard InChI is InChI=1S/C32H49F2N5O4/c1-32(2,3)30(35-31(42)24(21-39(43)22-40)18-23-8-4-5-9-23)29(41)25-19-26(33)27(34)20-28(25)38-16-14-37(15-17-38)13-12-36-10-6-7-11-36/h19-20,22-24,30,43H,4-18,21H2,1-3H3,(H,35,42)/t24-,30-/m1/s1. The van der Waals surface area contributed by atoms with Crippen LogP contribution in [-0.2, 0) is 9.59 Å². The minimum absolute atomic E-state index is 0.0358. The van der Waals surface area contributed by atoms with Gasteiger partial charge in [0.1, 0.15) is 0 Å². The topological polar surface area (TPSA) is 96.4 Å². The molecule has 1 saturated carbocycles. The molecule has 43 heavy (non-hydrogen) atoms. The van der Waals surface area contributed by atoms with Gasteiger partial charge < -0.3 is 15.1 Å². The summed E-state index contributed by atoms with van der Waals surface area (Å²) in [5.41, 5.74) is -0.393. The number of nitrogens with one attached hydrogen (secondary N) is 1. The molecule has 2 N–H and O–H groups in total. The lowest BCUT2D eigenvalue weighted by atomic mass is 9.81. The highest BCUT2D eigenvalue weighted by Crippen LogP contribution is 2.33. The molecule has 1 aromatic carbocycles. The van der Waals surface area contributed by atoms with E-state index in [0.29, 0.717) is 36.2 Å². The van der Waals surface area contributed by atoms with Crippen molar-refractivity contribution in [2.24, 2.45) is 17.3 Å². The second-order valence-electron chi connectivity index (χ2n) is 13.6. The average Bonchev–Trinajstić information content (AvgIpc) is 3.69. The molecule has 240 valence electrons. The van der Waals surface area contributed by atoms with Gasteiger partial charge in [0.25, 0.3) is 0 Å². The summed E-state index contributed by atoms with van der Waals surface area (Å²) in [5.74, 6) is -3.50. The van der Waals surface area contributed by atoms with E-state index in [1.54, 1.807) is 0 Å². The maximum Gasteiger partial charge on any atom is 0.233 e. The van der Waals surface area contributed by atoms with Crippen molar-refractivity contribution in [3.63, 3.8) is 0 Å². The van der Waals surface area contributed by atoms with Gasteiger partial charge in [-0.05, 0) is 49.8 Å². The molecule has 2 heterocycles. The molecule has 0 unspecified atom stereocenters. The first-order valence-corrected chi connectivity index (χ1v) is 15.9. The Morgan fingerprint density at radius 3 is 2.14 bits per heavy atom. The van der Waals surface area contributed by atoms with Crippen LogP contribution in [0.25, 0.3) is 0 Å². The number of anilines is 1. The molecule has 3 aliphatic rings. The van der Waals surface area contributed by atoms with Crippen LogP contribution in [0, 0.1) is 28.9 Å². The molecular formula is C32H49F2N5O4. The molecule has 2 atom stereocenters. The summed E-state index contributed by atoms with van der Waals surface area (Å²) in [7, 11) is 0. The number of hydrogen-bond acceptors (Lipinski definition) is 7. The number of carbonyl (C=O) groups is 3. The smallest absolute Gasteiger partial charge is 0.233 e. The molecule has 0 spiro atoms. The second kappa shape index (κ2) is 14.9. The zero-order chi connectivity index (χ0) is 31.1. The fourth-order valence-corrected chi connectivity index (χ4v) is 6.77. The van der Waals surface area contributed by atoms with Crippen molar-refractivity contribution in [3.05, 3.63) is 29.3 Å². The number of hydrogen-bond donors (Lipinski definition) is 2. The van der Waals surface area contributed by atoms with E-state index in [-0.39, 0.29) is 18.5 Å². The summed E-state index contributed by atoms with van der Waals surface area (Å²) >= 11 is 0. The molecule has 3 fully saturated rings. The van der Waals surface area contributed by atoms with Crippen LogP contribution < -0.4 is 10.2 Å². The van der Waals surface area contributed by atoms with Crippen LogP contribution in [0.2, 0.25) is 0 Å². The minimum atomic E-state index is -1.11. The highest BCUT2D eigenvalue weighted by Gasteiger charge is 2.38. The van der Waals surface area contributed by atoms with Crippen molar-refractivity contribution >= 4 is 23.8 Å². The Morgan fingerprint density at radius 2 is 1.56 bits per heavy atom. The molecule has 0 bridgehead atoms. The molecule has 9 nitrogen and oxygen atoms in total. The third-order valence-electron chi connectivity index (χ3n) is 9.36. The van der Waals surface area contributed by atoms with Crippen LogP contribution in [-0.4, -0.2) is 103 Å². The van der Waals surface area contributed by atoms with E-state index < -0.39 is 40.7 Å². The Bertz CT molecular complexity index is 1110. The number of halogens is 2. The summed E-state index contributed by atoms with van der Waals surface area (Å²) in [6, 6.07) is 1.01. The van der Waals surface area contributed by atoms with Crippen molar-refractivity contribution in [1.29, 1.82) is 0 Å². The molecule has 0 radical (unpaired) electrons. The largest absolute Gasteiger partial charge is 0.368 e. The van der Waals surface area contributed by atoms with Crippen LogP contribution in [0.1, 0.15) is 76.1 Å². The monoisotopic (exact) mass is 605 g/mol. The van der Waals surface area contributed by atoms with Gasteiger partial charge in [-0.3, -0.25) is 24.5 Å². The average molecular weight is 606 g/mol. The zero-order valence-electron chi connectivity index (χ0n) is 26.0. The minimum Gasteiger partial charge on any atom is -0.368 e. The van der Waals surface area contributed by atoms with Crippen molar-refractivity contribution in [3.8, 4) is 0 Å². The number of carbonyl (C=O) groups excluding carboxylic acids is 3. The van der Waals surface area contributed by atoms with Crippen molar-refractivity contribution in [1.82, 2.24) is 20.2 Å². The Labute approximate surface area is 254 Å². The van der Waals surface area contributed by atoms with Crippen molar-refractivity contribution < 1.29 is 28.4 Å². The first-order chi connectivity index (χ1) is 20.5. The molecule has 0 aromatic heterocycles. The van der Waals surface area contributed by atoms with Crippen LogP contribution in [0.3, 0.4) is 0 Å². The number of hydroxylamine groups is 2. The number of piperazine rings is 1. The molecule has 11 heteroatoms. The predicted octanol–water partition coefficient (Wildman–Crippen LogP) is 3.94. The summed E-state index contributed by atoms with van der Waals surface area (Å²) in [4.78, 5) is 45.7. The number of likely N-dealkylation sites (tertiary alicyclic amines) is 1. The van der Waals surface area contributed by atoms with Gasteiger partial charge in [-0.2, -0.15) is 0 Å². The van der Waals surface area contributed by atoms with Gasteiger partial charge in [0.2, 0.25) is 12.3 Å². The number of amides is 2. The number of Topliss-reactive ketones (excluding diaryl/α,β-unsaturated/α-hetero) is 1. The van der Waals surface area contributed by atoms with Crippen LogP contribution in [0.5, 0.6) is 0 Å². The zero-order valence-corrected chi connectivity index (χ0v) is 26.0. The van der Waals surface area contributed by atoms with E-state index in [2.05, 4.69) is 15.1 Å². The van der Waals surface area contributed by atoms with E-state index in [4.69, 9.17) is 0 Å². The van der Waals surface area contributed by atoms with Gasteiger partial charge in [-0.15, -0.1) is 0 Å². The van der Waals surface area contributed by atoms with Crippen LogP contribution in [0.15, 0.2) is 12.1 Å².